The molecule has 0 saturated carbocycles. The van der Waals surface area contributed by atoms with Crippen LogP contribution in [0.3, 0.4) is 0 Å². The highest BCUT2D eigenvalue weighted by molar-refractivity contribution is 5.38. The molecule has 0 spiro atoms. The van der Waals surface area contributed by atoms with E-state index in [0.717, 1.165) is 30.1 Å². The summed E-state index contributed by atoms with van der Waals surface area (Å²) >= 11 is 0. The van der Waals surface area contributed by atoms with Gasteiger partial charge < -0.3 is 9.84 Å². The van der Waals surface area contributed by atoms with E-state index in [1.165, 1.54) is 0 Å². The van der Waals surface area contributed by atoms with Crippen molar-refractivity contribution in [1.82, 2.24) is 14.8 Å². The Balaban J connectivity index is 1.92. The van der Waals surface area contributed by atoms with E-state index in [1.807, 2.05) is 28.9 Å². The number of aliphatic hydroxyl groups is 1. The minimum absolute atomic E-state index is 0.0899. The van der Waals surface area contributed by atoms with Crippen LogP contribution >= 0.6 is 0 Å². The Kier molecular flexibility index (Phi) is 5.80. The number of aromatic nitrogens is 3. The van der Waals surface area contributed by atoms with Crippen LogP contribution in [-0.2, 0) is 13.2 Å². The number of nitrogens with zero attached hydrogens (tertiary/aromatic N) is 3. The molecule has 1 aromatic carbocycles. The molecule has 0 saturated heterocycles. The summed E-state index contributed by atoms with van der Waals surface area (Å²) in [5, 5.41) is 12.8. The van der Waals surface area contributed by atoms with Crippen LogP contribution in [0, 0.1) is 11.8 Å². The zero-order valence-corrected chi connectivity index (χ0v) is 12.1. The third-order valence-corrected chi connectivity index (χ3v) is 2.82. The molecule has 5 nitrogen and oxygen atoms in total. The first-order valence-electron chi connectivity index (χ1n) is 7.02. The molecule has 0 fully saturated rings. The first-order valence-corrected chi connectivity index (χ1v) is 7.02. The summed E-state index contributed by atoms with van der Waals surface area (Å²) in [4.78, 5) is 4.20. The Bertz CT molecular complexity index is 608. The minimum atomic E-state index is 0.0899. The number of aryl methyl sites for hydroxylation is 1. The van der Waals surface area contributed by atoms with Gasteiger partial charge in [-0.15, -0.1) is 0 Å². The molecule has 0 aliphatic carbocycles. The summed E-state index contributed by atoms with van der Waals surface area (Å²) in [5.41, 5.74) is 0.907. The Morgan fingerprint density at radius 3 is 2.81 bits per heavy atom. The molecule has 110 valence electrons. The van der Waals surface area contributed by atoms with Gasteiger partial charge in [-0.05, 0) is 30.7 Å². The molecule has 0 radical (unpaired) electrons. The zero-order chi connectivity index (χ0) is 14.9. The van der Waals surface area contributed by atoms with Crippen molar-refractivity contribution in [2.24, 2.45) is 0 Å². The quantitative estimate of drug-likeness (QED) is 0.825. The standard InChI is InChI=1S/C16H19N3O2/c1-2-10-19-16(17-13-18-19)12-21-15-8-6-14(7-9-15)5-3-4-11-20/h6-9,13,20H,2,4,10-12H2,1H3. The van der Waals surface area contributed by atoms with Gasteiger partial charge in [0.15, 0.2) is 5.82 Å². The number of rotatable bonds is 6. The van der Waals surface area contributed by atoms with Gasteiger partial charge in [0.2, 0.25) is 0 Å². The lowest BCUT2D eigenvalue weighted by Crippen LogP contribution is -2.08. The van der Waals surface area contributed by atoms with Crippen LogP contribution in [0.5, 0.6) is 5.75 Å². The molecule has 2 rings (SSSR count). The van der Waals surface area contributed by atoms with Gasteiger partial charge in [0.25, 0.3) is 0 Å². The van der Waals surface area contributed by atoms with E-state index < -0.39 is 0 Å². The smallest absolute Gasteiger partial charge is 0.164 e. The van der Waals surface area contributed by atoms with Crippen molar-refractivity contribution >= 4 is 0 Å². The van der Waals surface area contributed by atoms with Gasteiger partial charge in [0.1, 0.15) is 18.7 Å². The van der Waals surface area contributed by atoms with Gasteiger partial charge in [-0.1, -0.05) is 18.8 Å². The predicted octanol–water partition coefficient (Wildman–Crippen LogP) is 2.00. The summed E-state index contributed by atoms with van der Waals surface area (Å²) in [5.74, 6) is 7.46. The summed E-state index contributed by atoms with van der Waals surface area (Å²) in [6, 6.07) is 7.56. The van der Waals surface area contributed by atoms with Crippen molar-refractivity contribution in [2.75, 3.05) is 6.61 Å². The lowest BCUT2D eigenvalue weighted by molar-refractivity contribution is 0.286. The van der Waals surface area contributed by atoms with Crippen molar-refractivity contribution < 1.29 is 9.84 Å². The maximum absolute atomic E-state index is 8.67. The van der Waals surface area contributed by atoms with E-state index in [9.17, 15) is 0 Å². The molecule has 0 aliphatic rings. The van der Waals surface area contributed by atoms with Crippen molar-refractivity contribution in [1.29, 1.82) is 0 Å². The number of aliphatic hydroxyl groups excluding tert-OH is 1. The maximum atomic E-state index is 8.67. The van der Waals surface area contributed by atoms with Gasteiger partial charge in [0, 0.05) is 18.5 Å². The van der Waals surface area contributed by atoms with Crippen LogP contribution in [0.1, 0.15) is 31.2 Å². The molecule has 0 aliphatic heterocycles. The molecule has 0 amide bonds. The van der Waals surface area contributed by atoms with Crippen molar-refractivity contribution in [3.8, 4) is 17.6 Å². The second kappa shape index (κ2) is 8.08. The van der Waals surface area contributed by atoms with E-state index in [4.69, 9.17) is 9.84 Å². The third-order valence-electron chi connectivity index (χ3n) is 2.82. The first-order chi connectivity index (χ1) is 10.3. The van der Waals surface area contributed by atoms with Gasteiger partial charge in [0.05, 0.1) is 6.61 Å². The van der Waals surface area contributed by atoms with Crippen molar-refractivity contribution in [2.45, 2.75) is 32.9 Å². The van der Waals surface area contributed by atoms with Gasteiger partial charge in [-0.2, -0.15) is 5.10 Å². The average Bonchev–Trinajstić information content (AvgIpc) is 2.94. The maximum Gasteiger partial charge on any atom is 0.164 e. The number of ether oxygens (including phenoxy) is 1. The lowest BCUT2D eigenvalue weighted by atomic mass is 10.2. The second-order valence-corrected chi connectivity index (χ2v) is 4.49. The summed E-state index contributed by atoms with van der Waals surface area (Å²) in [6.07, 6.45) is 3.05. The fraction of sp³-hybridized carbons (Fsp3) is 0.375. The Morgan fingerprint density at radius 2 is 2.10 bits per heavy atom. The van der Waals surface area contributed by atoms with E-state index in [0.29, 0.717) is 13.0 Å². The van der Waals surface area contributed by atoms with Crippen LogP contribution < -0.4 is 4.74 Å². The van der Waals surface area contributed by atoms with Crippen LogP contribution in [-0.4, -0.2) is 26.5 Å². The molecular weight excluding hydrogens is 266 g/mol. The Labute approximate surface area is 124 Å². The van der Waals surface area contributed by atoms with Crippen LogP contribution in [0.2, 0.25) is 0 Å². The molecular formula is C16H19N3O2. The summed E-state index contributed by atoms with van der Waals surface area (Å²) in [7, 11) is 0. The zero-order valence-electron chi connectivity index (χ0n) is 12.1. The topological polar surface area (TPSA) is 60.2 Å². The fourth-order valence-electron chi connectivity index (χ4n) is 1.80. The number of benzene rings is 1. The molecule has 0 atom stereocenters. The third kappa shape index (κ3) is 4.62. The number of hydrogen-bond donors (Lipinski definition) is 1. The summed E-state index contributed by atoms with van der Waals surface area (Å²) < 4.78 is 7.56. The Hall–Kier alpha value is -2.32. The minimum Gasteiger partial charge on any atom is -0.486 e. The summed E-state index contributed by atoms with van der Waals surface area (Å²) in [6.45, 7) is 3.43. The van der Waals surface area contributed by atoms with Crippen LogP contribution in [0.15, 0.2) is 30.6 Å². The lowest BCUT2D eigenvalue weighted by Gasteiger charge is -2.07. The normalized spacial score (nSPS) is 10.0. The van der Waals surface area contributed by atoms with E-state index in [2.05, 4.69) is 28.8 Å². The van der Waals surface area contributed by atoms with Gasteiger partial charge in [-0.3, -0.25) is 0 Å². The molecule has 0 unspecified atom stereocenters. The largest absolute Gasteiger partial charge is 0.486 e. The highest BCUT2D eigenvalue weighted by Crippen LogP contribution is 2.13. The average molecular weight is 285 g/mol. The van der Waals surface area contributed by atoms with E-state index >= 15 is 0 Å². The Morgan fingerprint density at radius 1 is 1.29 bits per heavy atom. The van der Waals surface area contributed by atoms with Crippen LogP contribution in [0.25, 0.3) is 0 Å². The van der Waals surface area contributed by atoms with Crippen molar-refractivity contribution in [3.63, 3.8) is 0 Å². The van der Waals surface area contributed by atoms with Crippen LogP contribution in [0.4, 0.5) is 0 Å². The molecule has 5 heteroatoms. The van der Waals surface area contributed by atoms with E-state index in [-0.39, 0.29) is 6.61 Å². The van der Waals surface area contributed by atoms with Gasteiger partial charge in [-0.25, -0.2) is 9.67 Å². The second-order valence-electron chi connectivity index (χ2n) is 4.49. The molecule has 1 heterocycles. The van der Waals surface area contributed by atoms with Gasteiger partial charge >= 0.3 is 0 Å². The fourth-order valence-corrected chi connectivity index (χ4v) is 1.80. The highest BCUT2D eigenvalue weighted by atomic mass is 16.5. The monoisotopic (exact) mass is 285 g/mol. The molecule has 1 aromatic heterocycles. The predicted molar refractivity (Wildman–Crippen MR) is 79.7 cm³/mol. The molecule has 2 aromatic rings. The highest BCUT2D eigenvalue weighted by Gasteiger charge is 2.04. The SMILES string of the molecule is CCCn1ncnc1COc1ccc(C#CCCO)cc1. The number of hydrogen-bond acceptors (Lipinski definition) is 4. The first kappa shape index (κ1) is 15.1. The molecule has 21 heavy (non-hydrogen) atoms. The molecule has 1 N–H and O–H groups in total. The molecule has 0 bridgehead atoms. The van der Waals surface area contributed by atoms with Crippen molar-refractivity contribution in [3.05, 3.63) is 42.0 Å². The van der Waals surface area contributed by atoms with E-state index in [1.54, 1.807) is 6.33 Å².